The van der Waals surface area contributed by atoms with Gasteiger partial charge in [-0.15, -0.1) is 0 Å². The fraction of sp³-hybridized carbons (Fsp3) is 0.167. The number of ether oxygens (including phenoxy) is 4. The lowest BCUT2D eigenvalue weighted by Crippen LogP contribution is -2.15. The number of hydrogen-bond acceptors (Lipinski definition) is 4. The van der Waals surface area contributed by atoms with E-state index in [1.54, 1.807) is 0 Å². The second-order valence-corrected chi connectivity index (χ2v) is 4.66. The van der Waals surface area contributed by atoms with Crippen LogP contribution in [0.2, 0.25) is 0 Å². The maximum Gasteiger partial charge on any atom is 0.231 e. The van der Waals surface area contributed by atoms with E-state index in [-0.39, 0.29) is 13.6 Å². The van der Waals surface area contributed by atoms with Crippen LogP contribution < -0.4 is 18.9 Å². The van der Waals surface area contributed by atoms with Crippen LogP contribution >= 0.6 is 15.9 Å². The summed E-state index contributed by atoms with van der Waals surface area (Å²) in [5.41, 5.74) is 0. The van der Waals surface area contributed by atoms with E-state index < -0.39 is 0 Å². The third-order valence-corrected chi connectivity index (χ3v) is 3.51. The normalized spacial score (nSPS) is 15.6. The largest absolute Gasteiger partial charge is 0.457 e. The first kappa shape index (κ1) is 9.41. The van der Waals surface area contributed by atoms with E-state index in [4.69, 9.17) is 18.9 Å². The molecule has 0 radical (unpaired) electrons. The topological polar surface area (TPSA) is 36.9 Å². The molecule has 0 spiro atoms. The summed E-state index contributed by atoms with van der Waals surface area (Å²) >= 11 is 3.48. The Labute approximate surface area is 105 Å². The number of rotatable bonds is 0. The van der Waals surface area contributed by atoms with Crippen molar-refractivity contribution in [3.05, 3.63) is 22.7 Å². The molecule has 0 N–H and O–H groups in total. The predicted octanol–water partition coefficient (Wildman–Crippen LogP) is 3.06. The van der Waals surface area contributed by atoms with Crippen molar-refractivity contribution < 1.29 is 18.9 Å². The summed E-state index contributed by atoms with van der Waals surface area (Å²) in [5, 5.41) is 1.81. The molecule has 17 heavy (non-hydrogen) atoms. The zero-order valence-corrected chi connectivity index (χ0v) is 10.2. The second kappa shape index (κ2) is 3.20. The van der Waals surface area contributed by atoms with Crippen molar-refractivity contribution in [1.82, 2.24) is 0 Å². The molecule has 0 amide bonds. The molecule has 4 rings (SSSR count). The molecule has 5 heteroatoms. The maximum atomic E-state index is 5.52. The summed E-state index contributed by atoms with van der Waals surface area (Å²) < 4.78 is 22.8. The molecule has 0 bridgehead atoms. The lowest BCUT2D eigenvalue weighted by atomic mass is 10.1. The lowest BCUT2D eigenvalue weighted by molar-refractivity contribution is 0.103. The molecule has 2 aromatic carbocycles. The van der Waals surface area contributed by atoms with Gasteiger partial charge in [-0.3, -0.25) is 0 Å². The minimum absolute atomic E-state index is 0.223. The van der Waals surface area contributed by atoms with Gasteiger partial charge < -0.3 is 18.9 Å². The van der Waals surface area contributed by atoms with Gasteiger partial charge in [0.15, 0.2) is 0 Å². The van der Waals surface area contributed by atoms with Crippen molar-refractivity contribution in [2.75, 3.05) is 13.6 Å². The van der Waals surface area contributed by atoms with Crippen LogP contribution in [0, 0.1) is 0 Å². The number of hydrogen-bond donors (Lipinski definition) is 0. The molecule has 2 aliphatic rings. The zero-order valence-electron chi connectivity index (χ0n) is 8.66. The Bertz CT molecular complexity index is 638. The van der Waals surface area contributed by atoms with Gasteiger partial charge in [0.1, 0.15) is 23.0 Å². The Kier molecular flexibility index (Phi) is 1.77. The van der Waals surface area contributed by atoms with Crippen molar-refractivity contribution in [2.24, 2.45) is 0 Å². The third kappa shape index (κ3) is 1.17. The molecule has 0 unspecified atom stereocenters. The van der Waals surface area contributed by atoms with Crippen molar-refractivity contribution in [1.29, 1.82) is 0 Å². The van der Waals surface area contributed by atoms with E-state index in [1.165, 1.54) is 0 Å². The highest BCUT2D eigenvalue weighted by Crippen LogP contribution is 2.50. The fourth-order valence-corrected chi connectivity index (χ4v) is 2.73. The molecule has 0 atom stereocenters. The quantitative estimate of drug-likeness (QED) is 0.748. The Hall–Kier alpha value is -1.62. The van der Waals surface area contributed by atoms with Gasteiger partial charge in [-0.05, 0) is 34.1 Å². The third-order valence-electron chi connectivity index (χ3n) is 2.92. The van der Waals surface area contributed by atoms with Crippen LogP contribution in [0.1, 0.15) is 0 Å². The number of benzene rings is 2. The van der Waals surface area contributed by atoms with Crippen LogP contribution in [0.25, 0.3) is 10.8 Å². The van der Waals surface area contributed by atoms with Crippen LogP contribution in [0.5, 0.6) is 23.0 Å². The molecule has 86 valence electrons. The molecule has 2 aromatic rings. The maximum absolute atomic E-state index is 5.52. The number of halogens is 1. The van der Waals surface area contributed by atoms with Crippen molar-refractivity contribution >= 4 is 26.7 Å². The van der Waals surface area contributed by atoms with E-state index >= 15 is 0 Å². The Morgan fingerprint density at radius 2 is 1.47 bits per heavy atom. The Morgan fingerprint density at radius 1 is 0.824 bits per heavy atom. The van der Waals surface area contributed by atoms with E-state index in [9.17, 15) is 0 Å². The van der Waals surface area contributed by atoms with Gasteiger partial charge in [0.25, 0.3) is 0 Å². The molecule has 0 aliphatic carbocycles. The average molecular weight is 295 g/mol. The zero-order chi connectivity index (χ0) is 11.4. The van der Waals surface area contributed by atoms with Crippen LogP contribution in [0.4, 0.5) is 0 Å². The molecule has 0 fully saturated rings. The summed E-state index contributed by atoms with van der Waals surface area (Å²) in [4.78, 5) is 0. The monoisotopic (exact) mass is 294 g/mol. The van der Waals surface area contributed by atoms with Crippen molar-refractivity contribution in [2.45, 2.75) is 0 Å². The minimum atomic E-state index is 0.223. The average Bonchev–Trinajstić information content (AvgIpc) is 2.37. The van der Waals surface area contributed by atoms with Gasteiger partial charge in [-0.2, -0.15) is 0 Å². The fourth-order valence-electron chi connectivity index (χ4n) is 2.21. The van der Waals surface area contributed by atoms with Gasteiger partial charge in [0.05, 0.1) is 15.2 Å². The highest BCUT2D eigenvalue weighted by Gasteiger charge is 2.25. The Morgan fingerprint density at radius 3 is 2.29 bits per heavy atom. The summed E-state index contributed by atoms with van der Waals surface area (Å²) in [5.74, 6) is 3.16. The summed E-state index contributed by atoms with van der Waals surface area (Å²) in [6.45, 7) is 0.454. The van der Waals surface area contributed by atoms with Crippen LogP contribution in [-0.4, -0.2) is 13.6 Å². The predicted molar refractivity (Wildman–Crippen MR) is 63.9 cm³/mol. The van der Waals surface area contributed by atoms with Gasteiger partial charge in [0, 0.05) is 0 Å². The first-order valence-corrected chi connectivity index (χ1v) is 5.94. The van der Waals surface area contributed by atoms with Crippen molar-refractivity contribution in [3.63, 3.8) is 0 Å². The minimum Gasteiger partial charge on any atom is -0.457 e. The molecule has 2 heterocycles. The lowest BCUT2D eigenvalue weighted by Gasteiger charge is -2.25. The van der Waals surface area contributed by atoms with Gasteiger partial charge >= 0.3 is 0 Å². The van der Waals surface area contributed by atoms with E-state index in [0.717, 1.165) is 38.2 Å². The van der Waals surface area contributed by atoms with Gasteiger partial charge in [-0.1, -0.05) is 0 Å². The summed E-state index contributed by atoms with van der Waals surface area (Å²) in [7, 11) is 0. The standard InChI is InChI=1S/C12H7BrO4/c13-6-3-9-10-7(14-4-16-9)1-2-8-11(10)12(6)17-5-15-8/h1-3H,4-5H2. The van der Waals surface area contributed by atoms with Crippen molar-refractivity contribution in [3.8, 4) is 23.0 Å². The van der Waals surface area contributed by atoms with Crippen LogP contribution in [-0.2, 0) is 0 Å². The molecule has 0 saturated carbocycles. The first-order chi connectivity index (χ1) is 8.34. The first-order valence-electron chi connectivity index (χ1n) is 5.15. The van der Waals surface area contributed by atoms with E-state index in [1.807, 2.05) is 18.2 Å². The second-order valence-electron chi connectivity index (χ2n) is 3.81. The molecule has 0 aromatic heterocycles. The molecule has 2 aliphatic heterocycles. The molecular formula is C12H7BrO4. The van der Waals surface area contributed by atoms with E-state index in [0.29, 0.717) is 0 Å². The summed E-state index contributed by atoms with van der Waals surface area (Å²) in [6.07, 6.45) is 0. The molecule has 0 saturated heterocycles. The van der Waals surface area contributed by atoms with Gasteiger partial charge in [0.2, 0.25) is 13.6 Å². The summed E-state index contributed by atoms with van der Waals surface area (Å²) in [6, 6.07) is 5.69. The SMILES string of the molecule is Brc1cc2c3c(ccc4c3c1OCO4)OCO2. The molecule has 4 nitrogen and oxygen atoms in total. The smallest absolute Gasteiger partial charge is 0.231 e. The highest BCUT2D eigenvalue weighted by molar-refractivity contribution is 9.10. The van der Waals surface area contributed by atoms with Crippen LogP contribution in [0.3, 0.4) is 0 Å². The van der Waals surface area contributed by atoms with E-state index in [2.05, 4.69) is 15.9 Å². The van der Waals surface area contributed by atoms with Crippen LogP contribution in [0.15, 0.2) is 22.7 Å². The molecular weight excluding hydrogens is 288 g/mol. The highest BCUT2D eigenvalue weighted by atomic mass is 79.9. The van der Waals surface area contributed by atoms with Gasteiger partial charge in [-0.25, -0.2) is 0 Å². The Balaban J connectivity index is 2.23.